The number of rotatable bonds is 2. The molecule has 0 fully saturated rings. The van der Waals surface area contributed by atoms with Crippen molar-refractivity contribution in [2.75, 3.05) is 5.32 Å². The third-order valence-corrected chi connectivity index (χ3v) is 2.60. The van der Waals surface area contributed by atoms with E-state index in [1.807, 2.05) is 0 Å². The van der Waals surface area contributed by atoms with Crippen LogP contribution in [-0.4, -0.2) is 5.11 Å². The highest BCUT2D eigenvalue weighted by Crippen LogP contribution is 2.37. The lowest BCUT2D eigenvalue weighted by Gasteiger charge is -2.10. The van der Waals surface area contributed by atoms with Crippen LogP contribution in [0.25, 0.3) is 0 Å². The molecule has 18 heavy (non-hydrogen) atoms. The summed E-state index contributed by atoms with van der Waals surface area (Å²) >= 11 is 11.6. The lowest BCUT2D eigenvalue weighted by Crippen LogP contribution is -2.01. The average Bonchev–Trinajstić information content (AvgIpc) is 2.38. The molecule has 2 N–H and O–H groups in total. The van der Waals surface area contributed by atoms with Gasteiger partial charge in [0.25, 0.3) is 0 Å². The fourth-order valence-corrected chi connectivity index (χ4v) is 1.53. The highest BCUT2D eigenvalue weighted by atomic mass is 35.5. The number of nitriles is 3. The SMILES string of the molecule is N#CC(C#N)=C(C#N)Nc1c(Cl)ccc(O)c1Cl. The molecule has 0 atom stereocenters. The molecule has 0 unspecified atom stereocenters. The predicted octanol–water partition coefficient (Wildman–Crippen LogP) is 2.94. The smallest absolute Gasteiger partial charge is 0.163 e. The largest absolute Gasteiger partial charge is 0.506 e. The van der Waals surface area contributed by atoms with Crippen LogP contribution in [-0.2, 0) is 0 Å². The van der Waals surface area contributed by atoms with E-state index >= 15 is 0 Å². The van der Waals surface area contributed by atoms with Gasteiger partial charge in [-0.25, -0.2) is 0 Å². The molecule has 0 saturated carbocycles. The number of anilines is 1. The molecule has 0 heterocycles. The van der Waals surface area contributed by atoms with Gasteiger partial charge in [0.05, 0.1) is 10.7 Å². The van der Waals surface area contributed by atoms with Crippen molar-refractivity contribution in [3.8, 4) is 24.0 Å². The van der Waals surface area contributed by atoms with Crippen molar-refractivity contribution in [1.29, 1.82) is 15.8 Å². The van der Waals surface area contributed by atoms with Crippen molar-refractivity contribution in [3.05, 3.63) is 33.4 Å². The van der Waals surface area contributed by atoms with Gasteiger partial charge in [-0.3, -0.25) is 0 Å². The van der Waals surface area contributed by atoms with Gasteiger partial charge in [-0.05, 0) is 12.1 Å². The third-order valence-electron chi connectivity index (χ3n) is 1.91. The molecule has 1 aromatic rings. The quantitative estimate of drug-likeness (QED) is 0.810. The predicted molar refractivity (Wildman–Crippen MR) is 65.6 cm³/mol. The monoisotopic (exact) mass is 278 g/mol. The highest BCUT2D eigenvalue weighted by molar-refractivity contribution is 6.40. The van der Waals surface area contributed by atoms with Crippen molar-refractivity contribution in [2.24, 2.45) is 0 Å². The number of nitrogens with zero attached hydrogens (tertiary/aromatic N) is 3. The summed E-state index contributed by atoms with van der Waals surface area (Å²) in [6.45, 7) is 0. The lowest BCUT2D eigenvalue weighted by molar-refractivity contribution is 0.476. The molecule has 0 bridgehead atoms. The Bertz CT molecular complexity index is 631. The van der Waals surface area contributed by atoms with Crippen LogP contribution in [0.4, 0.5) is 5.69 Å². The van der Waals surface area contributed by atoms with E-state index in [9.17, 15) is 5.11 Å². The van der Waals surface area contributed by atoms with Crippen LogP contribution in [0.2, 0.25) is 10.0 Å². The molecule has 0 saturated heterocycles. The minimum atomic E-state index is -0.409. The summed E-state index contributed by atoms with van der Waals surface area (Å²) in [4.78, 5) is 0. The molecule has 0 spiro atoms. The first-order valence-corrected chi connectivity index (χ1v) is 5.19. The fourth-order valence-electron chi connectivity index (χ4n) is 1.06. The number of hydrogen-bond donors (Lipinski definition) is 2. The van der Waals surface area contributed by atoms with E-state index in [2.05, 4.69) is 5.32 Å². The number of phenols is 1. The molecule has 0 radical (unpaired) electrons. The van der Waals surface area contributed by atoms with Crippen molar-refractivity contribution in [1.82, 2.24) is 0 Å². The van der Waals surface area contributed by atoms with Crippen LogP contribution < -0.4 is 5.32 Å². The van der Waals surface area contributed by atoms with E-state index in [1.54, 1.807) is 18.2 Å². The summed E-state index contributed by atoms with van der Waals surface area (Å²) in [7, 11) is 0. The van der Waals surface area contributed by atoms with E-state index in [0.29, 0.717) is 0 Å². The van der Waals surface area contributed by atoms with Gasteiger partial charge in [0.2, 0.25) is 0 Å². The molecular formula is C11H4Cl2N4O. The Hall–Kier alpha value is -2.39. The van der Waals surface area contributed by atoms with Crippen LogP contribution in [0.1, 0.15) is 0 Å². The van der Waals surface area contributed by atoms with Crippen LogP contribution in [0.3, 0.4) is 0 Å². The molecule has 88 valence electrons. The van der Waals surface area contributed by atoms with Gasteiger partial charge >= 0.3 is 0 Å². The lowest BCUT2D eigenvalue weighted by atomic mass is 10.2. The maximum Gasteiger partial charge on any atom is 0.163 e. The van der Waals surface area contributed by atoms with Gasteiger partial charge < -0.3 is 10.4 Å². The average molecular weight is 279 g/mol. The van der Waals surface area contributed by atoms with Crippen LogP contribution in [0.5, 0.6) is 5.75 Å². The number of nitrogens with one attached hydrogen (secondary N) is 1. The number of benzene rings is 1. The summed E-state index contributed by atoms with van der Waals surface area (Å²) in [6, 6.07) is 7.41. The first kappa shape index (κ1) is 13.7. The van der Waals surface area contributed by atoms with Crippen LogP contribution in [0, 0.1) is 34.0 Å². The van der Waals surface area contributed by atoms with Gasteiger partial charge in [-0.2, -0.15) is 15.8 Å². The zero-order valence-corrected chi connectivity index (χ0v) is 10.2. The number of allylic oxidation sites excluding steroid dienone is 2. The Morgan fingerprint density at radius 1 is 1.11 bits per heavy atom. The Morgan fingerprint density at radius 3 is 2.22 bits per heavy atom. The number of halogens is 2. The van der Waals surface area contributed by atoms with Crippen molar-refractivity contribution < 1.29 is 5.11 Å². The van der Waals surface area contributed by atoms with Gasteiger partial charge in [-0.15, -0.1) is 0 Å². The number of hydrogen-bond acceptors (Lipinski definition) is 5. The molecule has 0 aliphatic heterocycles. The van der Waals surface area contributed by atoms with E-state index < -0.39 is 5.57 Å². The van der Waals surface area contributed by atoms with E-state index in [1.165, 1.54) is 12.1 Å². The van der Waals surface area contributed by atoms with Gasteiger partial charge in [-0.1, -0.05) is 23.2 Å². The second-order valence-electron chi connectivity index (χ2n) is 2.97. The van der Waals surface area contributed by atoms with E-state index in [-0.39, 0.29) is 27.2 Å². The topological polar surface area (TPSA) is 104 Å². The van der Waals surface area contributed by atoms with Crippen molar-refractivity contribution in [3.63, 3.8) is 0 Å². The van der Waals surface area contributed by atoms with E-state index in [0.717, 1.165) is 0 Å². The minimum Gasteiger partial charge on any atom is -0.506 e. The Morgan fingerprint density at radius 2 is 1.72 bits per heavy atom. The third kappa shape index (κ3) is 2.64. The molecule has 1 rings (SSSR count). The molecule has 7 heteroatoms. The zero-order valence-electron chi connectivity index (χ0n) is 8.70. The van der Waals surface area contributed by atoms with Crippen LogP contribution in [0.15, 0.2) is 23.4 Å². The Kier molecular flexibility index (Phi) is 4.40. The summed E-state index contributed by atoms with van der Waals surface area (Å²) < 4.78 is 0. The second kappa shape index (κ2) is 5.80. The summed E-state index contributed by atoms with van der Waals surface area (Å²) in [5.41, 5.74) is -0.653. The molecule has 0 aliphatic rings. The van der Waals surface area contributed by atoms with Crippen LogP contribution >= 0.6 is 23.2 Å². The standard InChI is InChI=1S/C11H4Cl2N4O/c12-7-1-2-9(18)10(13)11(7)17-8(5-16)6(3-14)4-15/h1-2,17-18H. The Labute approximate surface area is 113 Å². The van der Waals surface area contributed by atoms with Gasteiger partial charge in [0.1, 0.15) is 34.7 Å². The van der Waals surface area contributed by atoms with Gasteiger partial charge in [0.15, 0.2) is 5.57 Å². The maximum absolute atomic E-state index is 9.40. The highest BCUT2D eigenvalue weighted by Gasteiger charge is 2.14. The second-order valence-corrected chi connectivity index (χ2v) is 3.75. The van der Waals surface area contributed by atoms with Gasteiger partial charge in [0, 0.05) is 0 Å². The Balaban J connectivity index is 3.34. The fraction of sp³-hybridized carbons (Fsp3) is 0. The summed E-state index contributed by atoms with van der Waals surface area (Å²) in [5.74, 6) is -0.240. The summed E-state index contributed by atoms with van der Waals surface area (Å²) in [5, 5.41) is 38.1. The molecule has 0 amide bonds. The minimum absolute atomic E-state index is 0.0536. The molecule has 0 aromatic heterocycles. The normalized spacial score (nSPS) is 8.61. The molecule has 1 aromatic carbocycles. The zero-order chi connectivity index (χ0) is 13.7. The number of aromatic hydroxyl groups is 1. The summed E-state index contributed by atoms with van der Waals surface area (Å²) in [6.07, 6.45) is 0. The number of phenolic OH excluding ortho intramolecular Hbond substituents is 1. The first-order chi connectivity index (χ1) is 8.54. The molecule has 5 nitrogen and oxygen atoms in total. The van der Waals surface area contributed by atoms with Crippen molar-refractivity contribution in [2.45, 2.75) is 0 Å². The molecular weight excluding hydrogens is 275 g/mol. The van der Waals surface area contributed by atoms with E-state index in [4.69, 9.17) is 39.0 Å². The van der Waals surface area contributed by atoms with Crippen molar-refractivity contribution >= 4 is 28.9 Å². The molecule has 0 aliphatic carbocycles. The maximum atomic E-state index is 9.40. The first-order valence-electron chi connectivity index (χ1n) is 4.43.